The van der Waals surface area contributed by atoms with Gasteiger partial charge >= 0.3 is 0 Å². The van der Waals surface area contributed by atoms with E-state index in [4.69, 9.17) is 4.74 Å². The molecule has 0 radical (unpaired) electrons. The van der Waals surface area contributed by atoms with Crippen LogP contribution in [0.5, 0.6) is 5.75 Å². The molecular formula is C18H15FO. The van der Waals surface area contributed by atoms with E-state index in [9.17, 15) is 4.39 Å². The molecule has 2 aromatic carbocycles. The number of hydrogen-bond donors (Lipinski definition) is 0. The molecule has 0 saturated heterocycles. The minimum absolute atomic E-state index is 0.139. The van der Waals surface area contributed by atoms with Crippen LogP contribution in [0.25, 0.3) is 0 Å². The zero-order valence-corrected chi connectivity index (χ0v) is 11.0. The molecule has 2 aromatic rings. The number of rotatable bonds is 1. The van der Waals surface area contributed by atoms with Crippen molar-refractivity contribution in [3.63, 3.8) is 0 Å². The number of halogens is 1. The summed E-state index contributed by atoms with van der Waals surface area (Å²) in [6.45, 7) is 0. The lowest BCUT2D eigenvalue weighted by atomic mass is 9.76. The zero-order valence-electron chi connectivity index (χ0n) is 11.0. The van der Waals surface area contributed by atoms with Gasteiger partial charge in [-0.2, -0.15) is 0 Å². The molecule has 1 aliphatic heterocycles. The molecule has 20 heavy (non-hydrogen) atoms. The van der Waals surface area contributed by atoms with Gasteiger partial charge < -0.3 is 4.74 Å². The molecule has 0 spiro atoms. The minimum atomic E-state index is -0.185. The first-order valence-electron chi connectivity index (χ1n) is 7.00. The maximum atomic E-state index is 13.2. The Kier molecular flexibility index (Phi) is 2.62. The van der Waals surface area contributed by atoms with Gasteiger partial charge in [-0.05, 0) is 36.3 Å². The van der Waals surface area contributed by atoms with Crippen LogP contribution in [-0.4, -0.2) is 6.10 Å². The van der Waals surface area contributed by atoms with E-state index in [0.29, 0.717) is 5.92 Å². The SMILES string of the molecule is Fc1ccc([C@@H]2c3ccccc3O[C@@H]3C=CC[C@H]23)cc1. The number of fused-ring (bicyclic) bond motifs is 2. The van der Waals surface area contributed by atoms with Gasteiger partial charge in [-0.1, -0.05) is 36.4 Å². The van der Waals surface area contributed by atoms with Crippen molar-refractivity contribution in [2.24, 2.45) is 5.92 Å². The van der Waals surface area contributed by atoms with E-state index in [-0.39, 0.29) is 17.8 Å². The molecule has 1 aliphatic carbocycles. The molecule has 1 heterocycles. The summed E-state index contributed by atoms with van der Waals surface area (Å²) in [6, 6.07) is 15.1. The molecule has 0 amide bonds. The van der Waals surface area contributed by atoms with Gasteiger partial charge in [0.05, 0.1) is 0 Å². The van der Waals surface area contributed by atoms with E-state index in [0.717, 1.165) is 12.2 Å². The Morgan fingerprint density at radius 3 is 2.65 bits per heavy atom. The van der Waals surface area contributed by atoms with Crippen LogP contribution in [0.2, 0.25) is 0 Å². The van der Waals surface area contributed by atoms with Gasteiger partial charge in [0.1, 0.15) is 17.7 Å². The first-order valence-corrected chi connectivity index (χ1v) is 7.00. The molecule has 0 fully saturated rings. The van der Waals surface area contributed by atoms with Gasteiger partial charge in [-0.15, -0.1) is 0 Å². The minimum Gasteiger partial charge on any atom is -0.486 e. The highest BCUT2D eigenvalue weighted by atomic mass is 19.1. The zero-order chi connectivity index (χ0) is 13.5. The Balaban J connectivity index is 1.85. The molecule has 2 heteroatoms. The summed E-state index contributed by atoms with van der Waals surface area (Å²) < 4.78 is 19.3. The predicted octanol–water partition coefficient (Wildman–Crippen LogP) is 4.29. The Hall–Kier alpha value is -2.09. The fourth-order valence-corrected chi connectivity index (χ4v) is 3.42. The Labute approximate surface area is 117 Å². The molecule has 0 N–H and O–H groups in total. The predicted molar refractivity (Wildman–Crippen MR) is 76.3 cm³/mol. The maximum Gasteiger partial charge on any atom is 0.124 e. The summed E-state index contributed by atoms with van der Waals surface area (Å²) in [7, 11) is 0. The molecule has 0 saturated carbocycles. The van der Waals surface area contributed by atoms with E-state index in [1.54, 1.807) is 12.1 Å². The van der Waals surface area contributed by atoms with Gasteiger partial charge in [0.2, 0.25) is 0 Å². The fraction of sp³-hybridized carbons (Fsp3) is 0.222. The standard InChI is InChI=1S/C18H15FO/c19-13-10-8-12(9-11-13)18-14-4-1-2-6-16(14)20-17-7-3-5-15(17)18/h1-4,6-11,15,17-18H,5H2/t15-,17+,18+/m0/s1. The highest BCUT2D eigenvalue weighted by molar-refractivity contribution is 5.46. The third-order valence-corrected chi connectivity index (χ3v) is 4.33. The van der Waals surface area contributed by atoms with Crippen LogP contribution in [0, 0.1) is 11.7 Å². The van der Waals surface area contributed by atoms with Crippen molar-refractivity contribution in [1.82, 2.24) is 0 Å². The third-order valence-electron chi connectivity index (χ3n) is 4.33. The van der Waals surface area contributed by atoms with Crippen LogP contribution < -0.4 is 4.74 Å². The molecule has 4 rings (SSSR count). The van der Waals surface area contributed by atoms with Crippen molar-refractivity contribution in [3.8, 4) is 5.75 Å². The molecular weight excluding hydrogens is 251 g/mol. The lowest BCUT2D eigenvalue weighted by Crippen LogP contribution is -2.32. The molecule has 3 atom stereocenters. The Bertz CT molecular complexity index is 659. The smallest absolute Gasteiger partial charge is 0.124 e. The lowest BCUT2D eigenvalue weighted by Gasteiger charge is -2.36. The molecule has 1 nitrogen and oxygen atoms in total. The van der Waals surface area contributed by atoms with E-state index in [1.165, 1.54) is 11.1 Å². The van der Waals surface area contributed by atoms with Crippen LogP contribution in [0.3, 0.4) is 0 Å². The largest absolute Gasteiger partial charge is 0.486 e. The normalized spacial score (nSPS) is 26.8. The van der Waals surface area contributed by atoms with Crippen molar-refractivity contribution in [1.29, 1.82) is 0 Å². The van der Waals surface area contributed by atoms with E-state index >= 15 is 0 Å². The number of benzene rings is 2. The van der Waals surface area contributed by atoms with Crippen molar-refractivity contribution >= 4 is 0 Å². The maximum absolute atomic E-state index is 13.2. The lowest BCUT2D eigenvalue weighted by molar-refractivity contribution is 0.153. The van der Waals surface area contributed by atoms with Crippen LogP contribution in [0.15, 0.2) is 60.7 Å². The van der Waals surface area contributed by atoms with Crippen LogP contribution in [-0.2, 0) is 0 Å². The van der Waals surface area contributed by atoms with Crippen LogP contribution in [0.4, 0.5) is 4.39 Å². The second kappa shape index (κ2) is 4.48. The third kappa shape index (κ3) is 1.75. The van der Waals surface area contributed by atoms with E-state index in [2.05, 4.69) is 18.2 Å². The average molecular weight is 266 g/mol. The second-order valence-corrected chi connectivity index (χ2v) is 5.48. The summed E-state index contributed by atoms with van der Waals surface area (Å²) in [5.74, 6) is 1.46. The first-order chi connectivity index (χ1) is 9.83. The quantitative estimate of drug-likeness (QED) is 0.699. The molecule has 100 valence electrons. The van der Waals surface area contributed by atoms with Crippen LogP contribution in [0.1, 0.15) is 23.5 Å². The van der Waals surface area contributed by atoms with Crippen LogP contribution >= 0.6 is 0 Å². The Morgan fingerprint density at radius 1 is 1.00 bits per heavy atom. The highest BCUT2D eigenvalue weighted by Crippen LogP contribution is 2.47. The first kappa shape index (κ1) is 11.7. The topological polar surface area (TPSA) is 9.23 Å². The summed E-state index contributed by atoms with van der Waals surface area (Å²) in [5, 5.41) is 0. The van der Waals surface area contributed by atoms with E-state index < -0.39 is 0 Å². The van der Waals surface area contributed by atoms with Gasteiger partial charge in [0.15, 0.2) is 0 Å². The van der Waals surface area contributed by atoms with Crippen molar-refractivity contribution in [2.75, 3.05) is 0 Å². The van der Waals surface area contributed by atoms with Gasteiger partial charge in [0, 0.05) is 17.4 Å². The van der Waals surface area contributed by atoms with E-state index in [1.807, 2.05) is 30.3 Å². The average Bonchev–Trinajstić information content (AvgIpc) is 2.93. The van der Waals surface area contributed by atoms with Gasteiger partial charge in [0.25, 0.3) is 0 Å². The number of hydrogen-bond acceptors (Lipinski definition) is 1. The summed E-state index contributed by atoms with van der Waals surface area (Å²) >= 11 is 0. The highest BCUT2D eigenvalue weighted by Gasteiger charge is 2.39. The second-order valence-electron chi connectivity index (χ2n) is 5.48. The summed E-state index contributed by atoms with van der Waals surface area (Å²) in [5.41, 5.74) is 2.38. The fourth-order valence-electron chi connectivity index (χ4n) is 3.42. The van der Waals surface area contributed by atoms with Gasteiger partial charge in [-0.25, -0.2) is 4.39 Å². The molecule has 2 aliphatic rings. The molecule has 0 unspecified atom stereocenters. The summed E-state index contributed by atoms with van der Waals surface area (Å²) in [6.07, 6.45) is 5.50. The monoisotopic (exact) mass is 266 g/mol. The molecule has 0 aromatic heterocycles. The summed E-state index contributed by atoms with van der Waals surface area (Å²) in [4.78, 5) is 0. The van der Waals surface area contributed by atoms with Gasteiger partial charge in [-0.3, -0.25) is 0 Å². The number of para-hydroxylation sites is 1. The van der Waals surface area contributed by atoms with Crippen molar-refractivity contribution in [3.05, 3.63) is 77.6 Å². The number of ether oxygens (including phenoxy) is 1. The molecule has 0 bridgehead atoms. The number of allylic oxidation sites excluding steroid dienone is 1. The van der Waals surface area contributed by atoms with Crippen molar-refractivity contribution in [2.45, 2.75) is 18.4 Å². The van der Waals surface area contributed by atoms with Crippen molar-refractivity contribution < 1.29 is 9.13 Å². The Morgan fingerprint density at radius 2 is 1.80 bits per heavy atom.